The van der Waals surface area contributed by atoms with Crippen LogP contribution in [-0.2, 0) is 11.2 Å². The standard InChI is InChI=1S/C16H23BrFNO/c1-2-3-12(8-9-19)4-6-15(20)11-13-10-14(17)5-7-16(13)18/h5,7,10,12H,2-4,6,8-9,11,19H2,1H3. The third kappa shape index (κ3) is 6.14. The van der Waals surface area contributed by atoms with Crippen molar-refractivity contribution in [1.29, 1.82) is 0 Å². The molecular formula is C16H23BrFNO. The third-order valence-electron chi connectivity index (χ3n) is 3.50. The molecule has 0 fully saturated rings. The van der Waals surface area contributed by atoms with Gasteiger partial charge < -0.3 is 5.73 Å². The normalized spacial score (nSPS) is 12.4. The van der Waals surface area contributed by atoms with Crippen molar-refractivity contribution in [2.75, 3.05) is 6.54 Å². The number of carbonyl (C=O) groups excluding carboxylic acids is 1. The fraction of sp³-hybridized carbons (Fsp3) is 0.562. The van der Waals surface area contributed by atoms with Crippen LogP contribution in [0.2, 0.25) is 0 Å². The van der Waals surface area contributed by atoms with Crippen LogP contribution >= 0.6 is 15.9 Å². The van der Waals surface area contributed by atoms with Crippen molar-refractivity contribution in [1.82, 2.24) is 0 Å². The van der Waals surface area contributed by atoms with E-state index in [1.807, 2.05) is 0 Å². The molecule has 0 aliphatic rings. The summed E-state index contributed by atoms with van der Waals surface area (Å²) in [5.41, 5.74) is 6.05. The van der Waals surface area contributed by atoms with Crippen LogP contribution < -0.4 is 5.73 Å². The number of hydrogen-bond acceptors (Lipinski definition) is 2. The Morgan fingerprint density at radius 1 is 1.35 bits per heavy atom. The fourth-order valence-electron chi connectivity index (χ4n) is 2.42. The number of hydrogen-bond donors (Lipinski definition) is 1. The van der Waals surface area contributed by atoms with Gasteiger partial charge in [0.25, 0.3) is 0 Å². The predicted molar refractivity (Wildman–Crippen MR) is 84.1 cm³/mol. The summed E-state index contributed by atoms with van der Waals surface area (Å²) in [7, 11) is 0. The van der Waals surface area contributed by atoms with Crippen LogP contribution in [0.1, 0.15) is 44.6 Å². The SMILES string of the molecule is CCCC(CCN)CCC(=O)Cc1cc(Br)ccc1F. The highest BCUT2D eigenvalue weighted by molar-refractivity contribution is 9.10. The van der Waals surface area contributed by atoms with Crippen LogP contribution in [0, 0.1) is 11.7 Å². The summed E-state index contributed by atoms with van der Waals surface area (Å²) in [5, 5.41) is 0. The molecule has 2 nitrogen and oxygen atoms in total. The molecule has 1 rings (SSSR count). The zero-order chi connectivity index (χ0) is 15.0. The quantitative estimate of drug-likeness (QED) is 0.728. The molecular weight excluding hydrogens is 321 g/mol. The lowest BCUT2D eigenvalue weighted by Gasteiger charge is -2.14. The lowest BCUT2D eigenvalue weighted by Crippen LogP contribution is -2.12. The van der Waals surface area contributed by atoms with Gasteiger partial charge in [-0.15, -0.1) is 0 Å². The Balaban J connectivity index is 2.48. The van der Waals surface area contributed by atoms with Crippen molar-refractivity contribution in [2.45, 2.75) is 45.4 Å². The van der Waals surface area contributed by atoms with E-state index in [-0.39, 0.29) is 18.0 Å². The number of Topliss-reactive ketones (excluding diaryl/α,β-unsaturated/α-hetero) is 1. The number of ketones is 1. The Morgan fingerprint density at radius 3 is 2.75 bits per heavy atom. The van der Waals surface area contributed by atoms with Crippen LogP contribution in [0.25, 0.3) is 0 Å². The van der Waals surface area contributed by atoms with Gasteiger partial charge >= 0.3 is 0 Å². The first-order valence-corrected chi connectivity index (χ1v) is 8.01. The van der Waals surface area contributed by atoms with Crippen molar-refractivity contribution < 1.29 is 9.18 Å². The summed E-state index contributed by atoms with van der Waals surface area (Å²) in [6, 6.07) is 4.71. The smallest absolute Gasteiger partial charge is 0.137 e. The van der Waals surface area contributed by atoms with Crippen LogP contribution in [-0.4, -0.2) is 12.3 Å². The number of rotatable bonds is 9. The molecule has 0 amide bonds. The number of halogens is 2. The van der Waals surface area contributed by atoms with Gasteiger partial charge in [0.2, 0.25) is 0 Å². The number of carbonyl (C=O) groups is 1. The highest BCUT2D eigenvalue weighted by Crippen LogP contribution is 2.20. The first-order chi connectivity index (χ1) is 9.56. The Labute approximate surface area is 129 Å². The maximum Gasteiger partial charge on any atom is 0.137 e. The van der Waals surface area contributed by atoms with E-state index in [2.05, 4.69) is 22.9 Å². The molecule has 1 atom stereocenters. The Morgan fingerprint density at radius 2 is 2.10 bits per heavy atom. The minimum atomic E-state index is -0.311. The second-order valence-electron chi connectivity index (χ2n) is 5.22. The lowest BCUT2D eigenvalue weighted by molar-refractivity contribution is -0.118. The van der Waals surface area contributed by atoms with Crippen LogP contribution in [0.15, 0.2) is 22.7 Å². The van der Waals surface area contributed by atoms with Gasteiger partial charge in [-0.1, -0.05) is 35.7 Å². The Bertz CT molecular complexity index is 430. The molecule has 112 valence electrons. The summed E-state index contributed by atoms with van der Waals surface area (Å²) in [6.07, 6.45) is 4.73. The topological polar surface area (TPSA) is 43.1 Å². The first kappa shape index (κ1) is 17.3. The number of benzene rings is 1. The molecule has 4 heteroatoms. The summed E-state index contributed by atoms with van der Waals surface area (Å²) in [6.45, 7) is 2.81. The van der Waals surface area contributed by atoms with E-state index in [1.54, 1.807) is 12.1 Å². The van der Waals surface area contributed by atoms with Gasteiger partial charge in [-0.25, -0.2) is 4.39 Å². The first-order valence-electron chi connectivity index (χ1n) is 7.22. The van der Waals surface area contributed by atoms with Crippen LogP contribution in [0.5, 0.6) is 0 Å². The highest BCUT2D eigenvalue weighted by atomic mass is 79.9. The van der Waals surface area contributed by atoms with E-state index in [0.29, 0.717) is 24.4 Å². The van der Waals surface area contributed by atoms with Crippen molar-refractivity contribution in [3.8, 4) is 0 Å². The molecule has 20 heavy (non-hydrogen) atoms. The third-order valence-corrected chi connectivity index (χ3v) is 3.99. The molecule has 0 aliphatic heterocycles. The highest BCUT2D eigenvalue weighted by Gasteiger charge is 2.12. The lowest BCUT2D eigenvalue weighted by atomic mass is 9.92. The molecule has 0 saturated carbocycles. The van der Waals surface area contributed by atoms with Gasteiger partial charge in [0.15, 0.2) is 0 Å². The summed E-state index contributed by atoms with van der Waals surface area (Å²) >= 11 is 3.30. The number of nitrogens with two attached hydrogens (primary N) is 1. The maximum absolute atomic E-state index is 13.6. The monoisotopic (exact) mass is 343 g/mol. The minimum Gasteiger partial charge on any atom is -0.330 e. The Kier molecular flexibility index (Phi) is 8.00. The van der Waals surface area contributed by atoms with Crippen molar-refractivity contribution in [2.24, 2.45) is 11.7 Å². The van der Waals surface area contributed by atoms with Crippen molar-refractivity contribution in [3.63, 3.8) is 0 Å². The van der Waals surface area contributed by atoms with E-state index >= 15 is 0 Å². The van der Waals surface area contributed by atoms with E-state index < -0.39 is 0 Å². The van der Waals surface area contributed by atoms with Gasteiger partial charge in [-0.2, -0.15) is 0 Å². The zero-order valence-corrected chi connectivity index (χ0v) is 13.6. The molecule has 0 heterocycles. The summed E-state index contributed by atoms with van der Waals surface area (Å²) in [4.78, 5) is 12.0. The fourth-order valence-corrected chi connectivity index (χ4v) is 2.83. The second-order valence-corrected chi connectivity index (χ2v) is 6.14. The molecule has 2 N–H and O–H groups in total. The molecule has 0 aliphatic carbocycles. The molecule has 0 radical (unpaired) electrons. The van der Waals surface area contributed by atoms with Gasteiger partial charge in [-0.05, 0) is 49.1 Å². The zero-order valence-electron chi connectivity index (χ0n) is 12.0. The van der Waals surface area contributed by atoms with E-state index in [0.717, 1.165) is 30.2 Å². The maximum atomic E-state index is 13.6. The minimum absolute atomic E-state index is 0.0973. The van der Waals surface area contributed by atoms with Crippen LogP contribution in [0.3, 0.4) is 0 Å². The molecule has 1 aromatic rings. The van der Waals surface area contributed by atoms with E-state index in [4.69, 9.17) is 5.73 Å². The second kappa shape index (κ2) is 9.24. The largest absolute Gasteiger partial charge is 0.330 e. The van der Waals surface area contributed by atoms with Crippen molar-refractivity contribution >= 4 is 21.7 Å². The predicted octanol–water partition coefficient (Wildman–Crippen LogP) is 4.25. The van der Waals surface area contributed by atoms with Gasteiger partial charge in [0.1, 0.15) is 11.6 Å². The molecule has 0 bridgehead atoms. The van der Waals surface area contributed by atoms with Crippen molar-refractivity contribution in [3.05, 3.63) is 34.1 Å². The van der Waals surface area contributed by atoms with E-state index in [1.165, 1.54) is 6.07 Å². The van der Waals surface area contributed by atoms with Gasteiger partial charge in [0.05, 0.1) is 0 Å². The van der Waals surface area contributed by atoms with E-state index in [9.17, 15) is 9.18 Å². The molecule has 0 aromatic heterocycles. The molecule has 0 saturated heterocycles. The average Bonchev–Trinajstić information content (AvgIpc) is 2.41. The van der Waals surface area contributed by atoms with Gasteiger partial charge in [-0.3, -0.25) is 4.79 Å². The Hall–Kier alpha value is -0.740. The van der Waals surface area contributed by atoms with Gasteiger partial charge in [0, 0.05) is 17.3 Å². The summed E-state index contributed by atoms with van der Waals surface area (Å²) in [5.74, 6) is 0.301. The summed E-state index contributed by atoms with van der Waals surface area (Å²) < 4.78 is 14.4. The molecule has 1 unspecified atom stereocenters. The average molecular weight is 344 g/mol. The molecule has 1 aromatic carbocycles. The molecule has 0 spiro atoms. The van der Waals surface area contributed by atoms with Crippen LogP contribution in [0.4, 0.5) is 4.39 Å².